The standard InChI is InChI=1S/C11H8N4O2S/c12-11(16)17-7-3-1-2-6-8(7)15-9(14-6)10-13-4-5-18-10/h1-5H,(H2,12,16)(H,14,15). The number of hydrogen-bond donors (Lipinski definition) is 2. The fourth-order valence-corrected chi connectivity index (χ4v) is 2.22. The number of aromatic nitrogens is 3. The molecule has 0 aliphatic carbocycles. The lowest BCUT2D eigenvalue weighted by molar-refractivity contribution is 0.211. The Morgan fingerprint density at radius 1 is 1.44 bits per heavy atom. The number of ether oxygens (including phenoxy) is 1. The van der Waals surface area contributed by atoms with E-state index in [1.165, 1.54) is 11.3 Å². The quantitative estimate of drug-likeness (QED) is 0.738. The Kier molecular flexibility index (Phi) is 2.45. The molecule has 3 N–H and O–H groups in total. The van der Waals surface area contributed by atoms with Gasteiger partial charge in [-0.05, 0) is 12.1 Å². The average molecular weight is 260 g/mol. The minimum atomic E-state index is -0.860. The summed E-state index contributed by atoms with van der Waals surface area (Å²) in [6.45, 7) is 0. The molecule has 0 spiro atoms. The molecule has 18 heavy (non-hydrogen) atoms. The number of primary amides is 1. The van der Waals surface area contributed by atoms with Crippen LogP contribution in [0.2, 0.25) is 0 Å². The maximum Gasteiger partial charge on any atom is 0.410 e. The molecule has 1 aromatic carbocycles. The van der Waals surface area contributed by atoms with E-state index in [1.54, 1.807) is 18.3 Å². The Labute approximate surface area is 105 Å². The highest BCUT2D eigenvalue weighted by Crippen LogP contribution is 2.27. The molecule has 7 heteroatoms. The van der Waals surface area contributed by atoms with E-state index < -0.39 is 6.09 Å². The highest BCUT2D eigenvalue weighted by Gasteiger charge is 2.12. The zero-order chi connectivity index (χ0) is 12.5. The molecule has 0 atom stereocenters. The van der Waals surface area contributed by atoms with Gasteiger partial charge in [0.25, 0.3) is 0 Å². The Hall–Kier alpha value is -2.41. The number of nitrogens with two attached hydrogens (primary N) is 1. The van der Waals surface area contributed by atoms with Crippen molar-refractivity contribution in [3.8, 4) is 16.6 Å². The van der Waals surface area contributed by atoms with E-state index in [0.29, 0.717) is 17.1 Å². The summed E-state index contributed by atoms with van der Waals surface area (Å²) in [5, 5.41) is 2.64. The van der Waals surface area contributed by atoms with Gasteiger partial charge >= 0.3 is 6.09 Å². The third-order valence-electron chi connectivity index (χ3n) is 2.32. The summed E-state index contributed by atoms with van der Waals surface area (Å²) in [6, 6.07) is 5.23. The van der Waals surface area contributed by atoms with Gasteiger partial charge in [-0.2, -0.15) is 0 Å². The molecule has 0 saturated heterocycles. The van der Waals surface area contributed by atoms with Crippen molar-refractivity contribution >= 4 is 28.5 Å². The van der Waals surface area contributed by atoms with E-state index in [4.69, 9.17) is 10.5 Å². The van der Waals surface area contributed by atoms with Crippen molar-refractivity contribution in [3.63, 3.8) is 0 Å². The fraction of sp³-hybridized carbons (Fsp3) is 0. The largest absolute Gasteiger partial charge is 0.410 e. The number of carbonyl (C=O) groups excluding carboxylic acids is 1. The highest BCUT2D eigenvalue weighted by atomic mass is 32.1. The van der Waals surface area contributed by atoms with Crippen molar-refractivity contribution in [2.75, 3.05) is 0 Å². The minimum absolute atomic E-state index is 0.332. The molecule has 90 valence electrons. The molecule has 3 aromatic rings. The van der Waals surface area contributed by atoms with Gasteiger partial charge in [-0.3, -0.25) is 0 Å². The summed E-state index contributed by atoms with van der Waals surface area (Å²) >= 11 is 1.47. The van der Waals surface area contributed by atoms with Crippen LogP contribution >= 0.6 is 11.3 Å². The lowest BCUT2D eigenvalue weighted by Crippen LogP contribution is -2.16. The number of para-hydroxylation sites is 1. The lowest BCUT2D eigenvalue weighted by atomic mass is 10.3. The number of carbonyl (C=O) groups is 1. The van der Waals surface area contributed by atoms with Crippen LogP contribution in [0.5, 0.6) is 5.75 Å². The van der Waals surface area contributed by atoms with Crippen molar-refractivity contribution < 1.29 is 9.53 Å². The molecule has 3 rings (SSSR count). The number of imidazole rings is 1. The van der Waals surface area contributed by atoms with E-state index in [1.807, 2.05) is 11.4 Å². The van der Waals surface area contributed by atoms with Gasteiger partial charge in [0.1, 0.15) is 5.52 Å². The predicted octanol–water partition coefficient (Wildman–Crippen LogP) is 2.14. The molecule has 0 radical (unpaired) electrons. The van der Waals surface area contributed by atoms with E-state index in [2.05, 4.69) is 15.0 Å². The maximum absolute atomic E-state index is 10.8. The summed E-state index contributed by atoms with van der Waals surface area (Å²) in [6.07, 6.45) is 0.842. The number of hydrogen-bond acceptors (Lipinski definition) is 5. The van der Waals surface area contributed by atoms with Crippen LogP contribution in [0.15, 0.2) is 29.8 Å². The van der Waals surface area contributed by atoms with Gasteiger partial charge in [0, 0.05) is 11.6 Å². The molecular formula is C11H8N4O2S. The monoisotopic (exact) mass is 260 g/mol. The highest BCUT2D eigenvalue weighted by molar-refractivity contribution is 7.13. The first-order valence-electron chi connectivity index (χ1n) is 5.10. The van der Waals surface area contributed by atoms with Crippen molar-refractivity contribution in [2.45, 2.75) is 0 Å². The van der Waals surface area contributed by atoms with E-state index in [0.717, 1.165) is 10.5 Å². The number of nitrogens with one attached hydrogen (secondary N) is 1. The Balaban J connectivity index is 2.14. The van der Waals surface area contributed by atoms with E-state index >= 15 is 0 Å². The zero-order valence-electron chi connectivity index (χ0n) is 9.08. The van der Waals surface area contributed by atoms with Crippen LogP contribution in [0.4, 0.5) is 4.79 Å². The molecule has 2 heterocycles. The van der Waals surface area contributed by atoms with Crippen molar-refractivity contribution in [1.29, 1.82) is 0 Å². The third-order valence-corrected chi connectivity index (χ3v) is 3.10. The SMILES string of the molecule is NC(=O)Oc1cccc2[nH]c(-c3nccs3)nc12. The number of H-pyrrole nitrogens is 1. The lowest BCUT2D eigenvalue weighted by Gasteiger charge is -1.99. The van der Waals surface area contributed by atoms with Crippen LogP contribution in [-0.4, -0.2) is 21.0 Å². The van der Waals surface area contributed by atoms with Crippen LogP contribution in [0, 0.1) is 0 Å². The molecule has 0 fully saturated rings. The summed E-state index contributed by atoms with van der Waals surface area (Å²) in [4.78, 5) is 22.4. The normalized spacial score (nSPS) is 10.7. The van der Waals surface area contributed by atoms with Gasteiger partial charge in [0.15, 0.2) is 16.6 Å². The molecule has 0 aliphatic rings. The van der Waals surface area contributed by atoms with Gasteiger partial charge in [0.2, 0.25) is 0 Å². The minimum Gasteiger partial charge on any atom is -0.408 e. The van der Waals surface area contributed by atoms with Crippen LogP contribution in [-0.2, 0) is 0 Å². The molecule has 0 saturated carbocycles. The summed E-state index contributed by atoms with van der Waals surface area (Å²) in [5.74, 6) is 0.972. The number of benzene rings is 1. The van der Waals surface area contributed by atoms with Crippen molar-refractivity contribution in [1.82, 2.24) is 15.0 Å². The number of rotatable bonds is 2. The second-order valence-corrected chi connectivity index (χ2v) is 4.39. The van der Waals surface area contributed by atoms with Crippen molar-refractivity contribution in [3.05, 3.63) is 29.8 Å². The van der Waals surface area contributed by atoms with Crippen LogP contribution in [0.1, 0.15) is 0 Å². The fourth-order valence-electron chi connectivity index (χ4n) is 1.64. The molecule has 1 amide bonds. The van der Waals surface area contributed by atoms with Gasteiger partial charge < -0.3 is 15.5 Å². The number of thiazole rings is 1. The number of fused-ring (bicyclic) bond motifs is 1. The second-order valence-electron chi connectivity index (χ2n) is 3.50. The molecule has 0 aliphatic heterocycles. The number of nitrogens with zero attached hydrogens (tertiary/aromatic N) is 2. The summed E-state index contributed by atoms with van der Waals surface area (Å²) in [7, 11) is 0. The van der Waals surface area contributed by atoms with Crippen LogP contribution < -0.4 is 10.5 Å². The summed E-state index contributed by atoms with van der Waals surface area (Å²) < 4.78 is 4.90. The van der Waals surface area contributed by atoms with Crippen LogP contribution in [0.3, 0.4) is 0 Å². The maximum atomic E-state index is 10.8. The molecule has 0 unspecified atom stereocenters. The smallest absolute Gasteiger partial charge is 0.408 e. The van der Waals surface area contributed by atoms with E-state index in [-0.39, 0.29) is 0 Å². The number of amides is 1. The molecule has 0 bridgehead atoms. The summed E-state index contributed by atoms with van der Waals surface area (Å²) in [5.41, 5.74) is 6.33. The first kappa shape index (κ1) is 10.7. The van der Waals surface area contributed by atoms with Crippen LogP contribution in [0.25, 0.3) is 21.9 Å². The Morgan fingerprint density at radius 2 is 2.33 bits per heavy atom. The second kappa shape index (κ2) is 4.11. The van der Waals surface area contributed by atoms with Gasteiger partial charge in [0.05, 0.1) is 5.52 Å². The van der Waals surface area contributed by atoms with E-state index in [9.17, 15) is 4.79 Å². The van der Waals surface area contributed by atoms with Crippen molar-refractivity contribution in [2.24, 2.45) is 5.73 Å². The predicted molar refractivity (Wildman–Crippen MR) is 67.4 cm³/mol. The van der Waals surface area contributed by atoms with Gasteiger partial charge in [-0.15, -0.1) is 11.3 Å². The molecule has 6 nitrogen and oxygen atoms in total. The third kappa shape index (κ3) is 1.80. The first-order valence-corrected chi connectivity index (χ1v) is 5.98. The van der Waals surface area contributed by atoms with Gasteiger partial charge in [-0.25, -0.2) is 14.8 Å². The zero-order valence-corrected chi connectivity index (χ0v) is 9.90. The topological polar surface area (TPSA) is 93.9 Å². The number of aromatic amines is 1. The van der Waals surface area contributed by atoms with Gasteiger partial charge in [-0.1, -0.05) is 6.07 Å². The first-order chi connectivity index (χ1) is 8.74. The Bertz CT molecular complexity index is 705. The Morgan fingerprint density at radius 3 is 3.06 bits per heavy atom. The molecule has 2 aromatic heterocycles. The molecular weight excluding hydrogens is 252 g/mol. The average Bonchev–Trinajstić information content (AvgIpc) is 2.97.